The van der Waals surface area contributed by atoms with E-state index in [-0.39, 0.29) is 5.56 Å². The maximum absolute atomic E-state index is 13.9. The summed E-state index contributed by atoms with van der Waals surface area (Å²) in [7, 11) is 0. The van der Waals surface area contributed by atoms with E-state index in [9.17, 15) is 9.18 Å². The Morgan fingerprint density at radius 1 is 1.10 bits per heavy atom. The molecule has 1 aromatic heterocycles. The van der Waals surface area contributed by atoms with E-state index >= 15 is 0 Å². The van der Waals surface area contributed by atoms with Crippen molar-refractivity contribution in [1.29, 1.82) is 0 Å². The Balaban J connectivity index is 2.21. The number of halogens is 1. The van der Waals surface area contributed by atoms with Gasteiger partial charge in [0, 0.05) is 17.1 Å². The maximum atomic E-state index is 13.9. The fourth-order valence-electron chi connectivity index (χ4n) is 2.22. The summed E-state index contributed by atoms with van der Waals surface area (Å²) in [5.41, 5.74) is 7.27. The van der Waals surface area contributed by atoms with Crippen LogP contribution in [0.3, 0.4) is 0 Å². The Labute approximate surface area is 114 Å². The van der Waals surface area contributed by atoms with Gasteiger partial charge in [0.05, 0.1) is 11.1 Å². The minimum atomic E-state index is -0.773. The second kappa shape index (κ2) is 4.74. The molecule has 3 rings (SSSR count). The highest BCUT2D eigenvalue weighted by Gasteiger charge is 2.11. The normalized spacial score (nSPS) is 10.7. The van der Waals surface area contributed by atoms with Gasteiger partial charge in [-0.1, -0.05) is 30.3 Å². The second-order valence-electron chi connectivity index (χ2n) is 4.44. The van der Waals surface area contributed by atoms with Gasteiger partial charge >= 0.3 is 0 Å². The summed E-state index contributed by atoms with van der Waals surface area (Å²) in [6, 6.07) is 13.9. The summed E-state index contributed by atoms with van der Waals surface area (Å²) in [4.78, 5) is 15.4. The number of hydrogen-bond donors (Lipinski definition) is 1. The average Bonchev–Trinajstić information content (AvgIpc) is 2.46. The first-order valence-corrected chi connectivity index (χ1v) is 6.10. The van der Waals surface area contributed by atoms with E-state index in [0.29, 0.717) is 5.56 Å². The van der Waals surface area contributed by atoms with Gasteiger partial charge in [0.1, 0.15) is 5.82 Å². The lowest BCUT2D eigenvalue weighted by Gasteiger charge is -2.07. The van der Waals surface area contributed by atoms with Crippen molar-refractivity contribution in [3.63, 3.8) is 0 Å². The molecule has 0 saturated carbocycles. The zero-order valence-corrected chi connectivity index (χ0v) is 10.5. The van der Waals surface area contributed by atoms with Crippen molar-refractivity contribution in [2.75, 3.05) is 0 Å². The van der Waals surface area contributed by atoms with Gasteiger partial charge in [-0.3, -0.25) is 9.78 Å². The summed E-state index contributed by atoms with van der Waals surface area (Å²) >= 11 is 0. The Hall–Kier alpha value is -2.75. The average molecular weight is 266 g/mol. The molecular weight excluding hydrogens is 255 g/mol. The first kappa shape index (κ1) is 12.3. The van der Waals surface area contributed by atoms with E-state index < -0.39 is 11.7 Å². The van der Waals surface area contributed by atoms with Crippen molar-refractivity contribution in [2.24, 2.45) is 5.73 Å². The molecule has 0 aliphatic rings. The van der Waals surface area contributed by atoms with E-state index in [1.807, 2.05) is 30.3 Å². The van der Waals surface area contributed by atoms with Gasteiger partial charge < -0.3 is 5.73 Å². The van der Waals surface area contributed by atoms with E-state index in [2.05, 4.69) is 4.98 Å². The Morgan fingerprint density at radius 3 is 2.65 bits per heavy atom. The summed E-state index contributed by atoms with van der Waals surface area (Å²) in [6.45, 7) is 0. The number of carbonyl (C=O) groups excluding carboxylic acids is 1. The van der Waals surface area contributed by atoms with Gasteiger partial charge in [-0.2, -0.15) is 0 Å². The fourth-order valence-corrected chi connectivity index (χ4v) is 2.22. The summed E-state index contributed by atoms with van der Waals surface area (Å²) in [6.07, 6.45) is 1.69. The minimum absolute atomic E-state index is 0.109. The molecule has 0 aliphatic carbocycles. The summed E-state index contributed by atoms with van der Waals surface area (Å²) in [5.74, 6) is -1.40. The van der Waals surface area contributed by atoms with Gasteiger partial charge in [0.25, 0.3) is 5.91 Å². The zero-order valence-electron chi connectivity index (χ0n) is 10.5. The molecule has 2 N–H and O–H groups in total. The standard InChI is InChI=1S/C16H11FN2O/c17-14-9-11(6-7-13(14)16(18)20)12-5-1-3-10-4-2-8-19-15(10)12/h1-9H,(H2,18,20). The highest BCUT2D eigenvalue weighted by molar-refractivity contribution is 5.96. The number of fused-ring (bicyclic) bond motifs is 1. The van der Waals surface area contributed by atoms with Crippen molar-refractivity contribution < 1.29 is 9.18 Å². The maximum Gasteiger partial charge on any atom is 0.251 e. The molecule has 1 heterocycles. The molecule has 3 nitrogen and oxygen atoms in total. The molecule has 0 unspecified atom stereocenters. The first-order valence-electron chi connectivity index (χ1n) is 6.10. The third-order valence-electron chi connectivity index (χ3n) is 3.18. The Bertz CT molecular complexity index is 809. The molecule has 2 aromatic carbocycles. The van der Waals surface area contributed by atoms with Crippen LogP contribution in [-0.2, 0) is 0 Å². The first-order chi connectivity index (χ1) is 9.66. The molecule has 1 amide bonds. The number of hydrogen-bond acceptors (Lipinski definition) is 2. The van der Waals surface area contributed by atoms with Crippen LogP contribution in [0.25, 0.3) is 22.0 Å². The number of nitrogens with zero attached hydrogens (tertiary/aromatic N) is 1. The molecule has 20 heavy (non-hydrogen) atoms. The summed E-state index contributed by atoms with van der Waals surface area (Å²) < 4.78 is 13.9. The van der Waals surface area contributed by atoms with Crippen LogP contribution in [0.2, 0.25) is 0 Å². The van der Waals surface area contributed by atoms with E-state index in [0.717, 1.165) is 16.5 Å². The number of nitrogens with two attached hydrogens (primary N) is 1. The molecule has 0 spiro atoms. The Morgan fingerprint density at radius 2 is 1.90 bits per heavy atom. The highest BCUT2D eigenvalue weighted by Crippen LogP contribution is 2.28. The van der Waals surface area contributed by atoms with Crippen LogP contribution >= 0.6 is 0 Å². The predicted octanol–water partition coefficient (Wildman–Crippen LogP) is 3.14. The van der Waals surface area contributed by atoms with Crippen molar-refractivity contribution >= 4 is 16.8 Å². The molecule has 0 atom stereocenters. The quantitative estimate of drug-likeness (QED) is 0.774. The topological polar surface area (TPSA) is 56.0 Å². The Kier molecular flexibility index (Phi) is 2.91. The van der Waals surface area contributed by atoms with Crippen LogP contribution in [0.1, 0.15) is 10.4 Å². The minimum Gasteiger partial charge on any atom is -0.366 e. The number of primary amides is 1. The van der Waals surface area contributed by atoms with Gasteiger partial charge in [-0.15, -0.1) is 0 Å². The number of benzene rings is 2. The van der Waals surface area contributed by atoms with E-state index in [4.69, 9.17) is 5.73 Å². The third kappa shape index (κ3) is 2.01. The largest absolute Gasteiger partial charge is 0.366 e. The number of para-hydroxylation sites is 1. The summed E-state index contributed by atoms with van der Waals surface area (Å²) in [5, 5.41) is 0.976. The molecule has 98 valence electrons. The second-order valence-corrected chi connectivity index (χ2v) is 4.44. The highest BCUT2D eigenvalue weighted by atomic mass is 19.1. The van der Waals surface area contributed by atoms with Crippen LogP contribution < -0.4 is 5.73 Å². The van der Waals surface area contributed by atoms with Gasteiger partial charge in [-0.05, 0) is 23.8 Å². The smallest absolute Gasteiger partial charge is 0.251 e. The molecule has 0 saturated heterocycles. The molecule has 4 heteroatoms. The van der Waals surface area contributed by atoms with Gasteiger partial charge in [0.2, 0.25) is 0 Å². The number of carbonyl (C=O) groups is 1. The number of aromatic nitrogens is 1. The van der Waals surface area contributed by atoms with Crippen molar-refractivity contribution in [3.8, 4) is 11.1 Å². The van der Waals surface area contributed by atoms with Crippen molar-refractivity contribution in [2.45, 2.75) is 0 Å². The van der Waals surface area contributed by atoms with Crippen molar-refractivity contribution in [3.05, 3.63) is 66.1 Å². The number of amides is 1. The van der Waals surface area contributed by atoms with Crippen LogP contribution in [0.5, 0.6) is 0 Å². The zero-order chi connectivity index (χ0) is 14.1. The van der Waals surface area contributed by atoms with Crippen LogP contribution in [0.4, 0.5) is 4.39 Å². The molecule has 0 fully saturated rings. The third-order valence-corrected chi connectivity index (χ3v) is 3.18. The SMILES string of the molecule is NC(=O)c1ccc(-c2cccc3cccnc23)cc1F. The molecular formula is C16H11FN2O. The monoisotopic (exact) mass is 266 g/mol. The van der Waals surface area contributed by atoms with E-state index in [1.165, 1.54) is 12.1 Å². The number of rotatable bonds is 2. The van der Waals surface area contributed by atoms with Crippen LogP contribution in [-0.4, -0.2) is 10.9 Å². The van der Waals surface area contributed by atoms with E-state index in [1.54, 1.807) is 12.3 Å². The van der Waals surface area contributed by atoms with Gasteiger partial charge in [-0.25, -0.2) is 4.39 Å². The lowest BCUT2D eigenvalue weighted by Crippen LogP contribution is -2.12. The van der Waals surface area contributed by atoms with Crippen molar-refractivity contribution in [1.82, 2.24) is 4.98 Å². The molecule has 0 radical (unpaired) electrons. The van der Waals surface area contributed by atoms with Crippen LogP contribution in [0, 0.1) is 5.82 Å². The molecule has 0 bridgehead atoms. The number of pyridine rings is 1. The van der Waals surface area contributed by atoms with Gasteiger partial charge in [0.15, 0.2) is 0 Å². The molecule has 3 aromatic rings. The fraction of sp³-hybridized carbons (Fsp3) is 0. The van der Waals surface area contributed by atoms with Crippen LogP contribution in [0.15, 0.2) is 54.7 Å². The molecule has 0 aliphatic heterocycles. The lowest BCUT2D eigenvalue weighted by atomic mass is 10.0. The predicted molar refractivity (Wildman–Crippen MR) is 75.7 cm³/mol. The lowest BCUT2D eigenvalue weighted by molar-refractivity contribution is 0.0996.